The summed E-state index contributed by atoms with van der Waals surface area (Å²) in [6.07, 6.45) is 3.01. The van der Waals surface area contributed by atoms with Gasteiger partial charge in [-0.1, -0.05) is 13.8 Å². The minimum Gasteiger partial charge on any atom is -0.367 e. The second-order valence-electron chi connectivity index (χ2n) is 5.93. The maximum Gasteiger partial charge on any atom is 0.178 e. The Morgan fingerprint density at radius 2 is 1.95 bits per heavy atom. The van der Waals surface area contributed by atoms with Crippen LogP contribution in [0.3, 0.4) is 0 Å². The molecular formula is C16H26N2O2S. The molecule has 5 heteroatoms. The van der Waals surface area contributed by atoms with E-state index in [9.17, 15) is 8.42 Å². The number of rotatable bonds is 5. The lowest BCUT2D eigenvalue weighted by Crippen LogP contribution is -2.48. The van der Waals surface area contributed by atoms with Crippen LogP contribution in [0.25, 0.3) is 0 Å². The quantitative estimate of drug-likeness (QED) is 0.907. The fraction of sp³-hybridized carbons (Fsp3) is 0.625. The van der Waals surface area contributed by atoms with Gasteiger partial charge in [0.2, 0.25) is 0 Å². The SMILES string of the molecule is CCCS(=O)(=O)c1ccc(N2CCCC(C)C2CN)cc1. The van der Waals surface area contributed by atoms with Crippen LogP contribution >= 0.6 is 0 Å². The minimum atomic E-state index is -3.13. The number of nitrogens with zero attached hydrogens (tertiary/aromatic N) is 1. The van der Waals surface area contributed by atoms with Gasteiger partial charge in [0.1, 0.15) is 0 Å². The van der Waals surface area contributed by atoms with Crippen LogP contribution in [-0.4, -0.2) is 33.3 Å². The van der Waals surface area contributed by atoms with Crippen LogP contribution < -0.4 is 10.6 Å². The Labute approximate surface area is 128 Å². The molecule has 0 spiro atoms. The summed E-state index contributed by atoms with van der Waals surface area (Å²) in [6, 6.07) is 7.64. The second-order valence-corrected chi connectivity index (χ2v) is 8.04. The molecule has 1 aliphatic heterocycles. The van der Waals surface area contributed by atoms with Crippen LogP contribution in [0.4, 0.5) is 5.69 Å². The molecule has 1 saturated heterocycles. The molecular weight excluding hydrogens is 284 g/mol. The molecule has 0 bridgehead atoms. The Balaban J connectivity index is 2.22. The molecule has 1 fully saturated rings. The predicted octanol–water partition coefficient (Wildman–Crippen LogP) is 2.43. The third kappa shape index (κ3) is 3.58. The maximum atomic E-state index is 12.1. The highest BCUT2D eigenvalue weighted by Crippen LogP contribution is 2.29. The Kier molecular flexibility index (Phi) is 5.27. The summed E-state index contributed by atoms with van der Waals surface area (Å²) in [5.41, 5.74) is 7.00. The average Bonchev–Trinajstić information content (AvgIpc) is 2.47. The van der Waals surface area contributed by atoms with Crippen LogP contribution in [0.1, 0.15) is 33.1 Å². The van der Waals surface area contributed by atoms with E-state index in [2.05, 4.69) is 11.8 Å². The van der Waals surface area contributed by atoms with Crippen molar-refractivity contribution in [1.82, 2.24) is 0 Å². The van der Waals surface area contributed by atoms with Crippen molar-refractivity contribution in [2.75, 3.05) is 23.7 Å². The summed E-state index contributed by atoms with van der Waals surface area (Å²) < 4.78 is 24.1. The fourth-order valence-electron chi connectivity index (χ4n) is 3.16. The lowest BCUT2D eigenvalue weighted by molar-refractivity contribution is 0.350. The van der Waals surface area contributed by atoms with Crippen molar-refractivity contribution in [3.8, 4) is 0 Å². The molecule has 4 nitrogen and oxygen atoms in total. The lowest BCUT2D eigenvalue weighted by atomic mass is 9.90. The van der Waals surface area contributed by atoms with Gasteiger partial charge in [-0.2, -0.15) is 0 Å². The second kappa shape index (κ2) is 6.79. The van der Waals surface area contributed by atoms with E-state index >= 15 is 0 Å². The summed E-state index contributed by atoms with van der Waals surface area (Å²) >= 11 is 0. The van der Waals surface area contributed by atoms with E-state index in [1.807, 2.05) is 19.1 Å². The van der Waals surface area contributed by atoms with Crippen LogP contribution in [0.2, 0.25) is 0 Å². The van der Waals surface area contributed by atoms with Crippen LogP contribution in [0.5, 0.6) is 0 Å². The zero-order valence-corrected chi connectivity index (χ0v) is 13.8. The van der Waals surface area contributed by atoms with Gasteiger partial charge in [0.15, 0.2) is 9.84 Å². The van der Waals surface area contributed by atoms with Crippen molar-refractivity contribution >= 4 is 15.5 Å². The highest BCUT2D eigenvalue weighted by Gasteiger charge is 2.27. The van der Waals surface area contributed by atoms with Crippen LogP contribution in [0.15, 0.2) is 29.2 Å². The molecule has 2 N–H and O–H groups in total. The molecule has 2 unspecified atom stereocenters. The van der Waals surface area contributed by atoms with Gasteiger partial charge in [0.05, 0.1) is 10.6 Å². The highest BCUT2D eigenvalue weighted by atomic mass is 32.2. The van der Waals surface area contributed by atoms with Crippen LogP contribution in [-0.2, 0) is 9.84 Å². The minimum absolute atomic E-state index is 0.207. The third-order valence-corrected chi connectivity index (χ3v) is 6.29. The molecule has 0 aromatic heterocycles. The van der Waals surface area contributed by atoms with E-state index in [1.165, 1.54) is 6.42 Å². The normalized spacial score (nSPS) is 23.3. The monoisotopic (exact) mass is 310 g/mol. The number of anilines is 1. The Morgan fingerprint density at radius 3 is 2.52 bits per heavy atom. The number of sulfone groups is 1. The molecule has 21 heavy (non-hydrogen) atoms. The Hall–Kier alpha value is -1.07. The smallest absolute Gasteiger partial charge is 0.178 e. The van der Waals surface area contributed by atoms with E-state index in [4.69, 9.17) is 5.73 Å². The molecule has 2 atom stereocenters. The largest absolute Gasteiger partial charge is 0.367 e. The summed E-state index contributed by atoms with van der Waals surface area (Å²) in [5, 5.41) is 0. The first kappa shape index (κ1) is 16.3. The number of hydrogen-bond acceptors (Lipinski definition) is 4. The molecule has 0 aliphatic carbocycles. The highest BCUT2D eigenvalue weighted by molar-refractivity contribution is 7.91. The maximum absolute atomic E-state index is 12.1. The molecule has 0 amide bonds. The van der Waals surface area contributed by atoms with E-state index in [0.717, 1.165) is 18.7 Å². The first-order chi connectivity index (χ1) is 9.99. The molecule has 2 rings (SSSR count). The molecule has 1 aromatic carbocycles. The van der Waals surface area contributed by atoms with Gasteiger partial charge < -0.3 is 10.6 Å². The molecule has 1 aromatic rings. The number of hydrogen-bond donors (Lipinski definition) is 1. The molecule has 1 aliphatic rings. The van der Waals surface area contributed by atoms with Gasteiger partial charge in [0, 0.05) is 24.8 Å². The first-order valence-electron chi connectivity index (χ1n) is 7.79. The van der Waals surface area contributed by atoms with E-state index in [1.54, 1.807) is 12.1 Å². The molecule has 0 saturated carbocycles. The zero-order valence-electron chi connectivity index (χ0n) is 13.0. The van der Waals surface area contributed by atoms with Gasteiger partial charge >= 0.3 is 0 Å². The lowest BCUT2D eigenvalue weighted by Gasteiger charge is -2.41. The van der Waals surface area contributed by atoms with Crippen molar-refractivity contribution < 1.29 is 8.42 Å². The van der Waals surface area contributed by atoms with Gasteiger partial charge in [-0.25, -0.2) is 8.42 Å². The zero-order chi connectivity index (χ0) is 15.5. The average molecular weight is 310 g/mol. The summed E-state index contributed by atoms with van der Waals surface area (Å²) in [6.45, 7) is 5.75. The molecule has 118 valence electrons. The fourth-order valence-corrected chi connectivity index (χ4v) is 4.48. The van der Waals surface area contributed by atoms with E-state index in [0.29, 0.717) is 29.8 Å². The third-order valence-electron chi connectivity index (χ3n) is 4.36. The summed E-state index contributed by atoms with van der Waals surface area (Å²) in [5.74, 6) is 0.783. The Morgan fingerprint density at radius 1 is 1.29 bits per heavy atom. The van der Waals surface area contributed by atoms with E-state index in [-0.39, 0.29) is 5.75 Å². The van der Waals surface area contributed by atoms with Gasteiger partial charge in [0.25, 0.3) is 0 Å². The molecule has 1 heterocycles. The first-order valence-corrected chi connectivity index (χ1v) is 9.44. The molecule has 0 radical (unpaired) electrons. The number of nitrogens with two attached hydrogens (primary N) is 1. The summed E-state index contributed by atoms with van der Waals surface area (Å²) in [7, 11) is -3.13. The number of benzene rings is 1. The summed E-state index contributed by atoms with van der Waals surface area (Å²) in [4.78, 5) is 2.74. The van der Waals surface area contributed by atoms with Crippen molar-refractivity contribution in [2.45, 2.75) is 44.0 Å². The standard InChI is InChI=1S/C16H26N2O2S/c1-3-11-21(19,20)15-8-6-14(7-9-15)18-10-4-5-13(2)16(18)12-17/h6-9,13,16H,3-5,10-12,17H2,1-2H3. The number of piperidine rings is 1. The van der Waals surface area contributed by atoms with Crippen LogP contribution in [0, 0.1) is 5.92 Å². The van der Waals surface area contributed by atoms with Gasteiger partial charge in [-0.05, 0) is 49.4 Å². The Bertz CT molecular complexity index is 554. The van der Waals surface area contributed by atoms with Crippen molar-refractivity contribution in [1.29, 1.82) is 0 Å². The van der Waals surface area contributed by atoms with Gasteiger partial charge in [-0.3, -0.25) is 0 Å². The van der Waals surface area contributed by atoms with Gasteiger partial charge in [-0.15, -0.1) is 0 Å². The topological polar surface area (TPSA) is 63.4 Å². The van der Waals surface area contributed by atoms with E-state index < -0.39 is 9.84 Å². The van der Waals surface area contributed by atoms with Crippen molar-refractivity contribution in [3.63, 3.8) is 0 Å². The van der Waals surface area contributed by atoms with Crippen molar-refractivity contribution in [3.05, 3.63) is 24.3 Å². The predicted molar refractivity (Wildman–Crippen MR) is 87.4 cm³/mol. The van der Waals surface area contributed by atoms with Crippen molar-refractivity contribution in [2.24, 2.45) is 11.7 Å².